The van der Waals surface area contributed by atoms with Crippen molar-refractivity contribution in [2.45, 2.75) is 0 Å². The first-order chi connectivity index (χ1) is 4.63. The number of rotatable bonds is 2. The second-order valence-corrected chi connectivity index (χ2v) is 2.49. The lowest BCUT2D eigenvalue weighted by Crippen LogP contribution is -1.95. The maximum absolute atomic E-state index is 10.7. The summed E-state index contributed by atoms with van der Waals surface area (Å²) in [5, 5.41) is -0.327. The van der Waals surface area contributed by atoms with E-state index in [4.69, 9.17) is 46.4 Å². The molecule has 0 unspecified atom stereocenters. The van der Waals surface area contributed by atoms with Crippen molar-refractivity contribution >= 4 is 52.2 Å². The molecule has 1 nitrogen and oxygen atoms in total. The van der Waals surface area contributed by atoms with Gasteiger partial charge < -0.3 is 0 Å². The molecule has 56 valence electrons. The summed E-state index contributed by atoms with van der Waals surface area (Å²) in [5.41, 5.74) is 1.85. The number of ketones is 1. The van der Waals surface area contributed by atoms with Crippen LogP contribution >= 0.6 is 46.4 Å². The van der Waals surface area contributed by atoms with Gasteiger partial charge in [0.2, 0.25) is 5.78 Å². The Morgan fingerprint density at radius 1 is 1.00 bits per heavy atom. The third-order valence-corrected chi connectivity index (χ3v) is 1.85. The highest BCUT2D eigenvalue weighted by atomic mass is 35.5. The predicted octanol–water partition coefficient (Wildman–Crippen LogP) is 3.19. The lowest BCUT2D eigenvalue weighted by Gasteiger charge is -1.91. The van der Waals surface area contributed by atoms with Crippen LogP contribution in [-0.4, -0.2) is 5.78 Å². The fourth-order valence-electron chi connectivity index (χ4n) is 0.213. The SMILES string of the molecule is O=C(C(Cl)=CCl)C(Cl)=CCl. The van der Waals surface area contributed by atoms with Crippen LogP contribution in [0.25, 0.3) is 0 Å². The van der Waals surface area contributed by atoms with E-state index < -0.39 is 5.78 Å². The van der Waals surface area contributed by atoms with Gasteiger partial charge in [-0.1, -0.05) is 46.4 Å². The second-order valence-electron chi connectivity index (χ2n) is 1.24. The summed E-state index contributed by atoms with van der Waals surface area (Å²) in [4.78, 5) is 10.7. The molecule has 10 heavy (non-hydrogen) atoms. The maximum Gasteiger partial charge on any atom is 0.217 e. The van der Waals surface area contributed by atoms with E-state index in [1.165, 1.54) is 0 Å². The number of hydrogen-bond acceptors (Lipinski definition) is 1. The summed E-state index contributed by atoms with van der Waals surface area (Å²) in [5.74, 6) is -0.590. The van der Waals surface area contributed by atoms with Gasteiger partial charge in [0.1, 0.15) is 10.1 Å². The molecule has 0 aliphatic carbocycles. The first-order valence-corrected chi connectivity index (χ1v) is 3.72. The Hall–Kier alpha value is 0.310. The molecule has 5 heteroatoms. The van der Waals surface area contributed by atoms with Crippen molar-refractivity contribution in [3.63, 3.8) is 0 Å². The van der Waals surface area contributed by atoms with Gasteiger partial charge in [0.05, 0.1) is 0 Å². The number of halogens is 4. The normalized spacial score (nSPS) is 13.6. The van der Waals surface area contributed by atoms with Crippen molar-refractivity contribution in [3.05, 3.63) is 21.1 Å². The van der Waals surface area contributed by atoms with E-state index in [2.05, 4.69) is 0 Å². The first-order valence-electron chi connectivity index (χ1n) is 2.10. The van der Waals surface area contributed by atoms with E-state index in [9.17, 15) is 4.79 Å². The van der Waals surface area contributed by atoms with E-state index in [1.54, 1.807) is 0 Å². The van der Waals surface area contributed by atoms with E-state index in [1.807, 2.05) is 0 Å². The Bertz CT molecular complexity index is 174. The van der Waals surface area contributed by atoms with Crippen LogP contribution in [0.4, 0.5) is 0 Å². The van der Waals surface area contributed by atoms with Crippen molar-refractivity contribution in [1.29, 1.82) is 0 Å². The van der Waals surface area contributed by atoms with Crippen LogP contribution in [0.5, 0.6) is 0 Å². The number of Topliss-reactive ketones (excluding diaryl/α,β-unsaturated/α-hetero) is 1. The molecule has 0 bridgehead atoms. The van der Waals surface area contributed by atoms with Crippen LogP contribution in [0.1, 0.15) is 0 Å². The largest absolute Gasteiger partial charge is 0.287 e. The van der Waals surface area contributed by atoms with Gasteiger partial charge in [0, 0.05) is 11.1 Å². The highest BCUT2D eigenvalue weighted by Gasteiger charge is 2.09. The van der Waals surface area contributed by atoms with Gasteiger partial charge in [-0.15, -0.1) is 0 Å². The summed E-state index contributed by atoms with van der Waals surface area (Å²) in [6.45, 7) is 0. The highest BCUT2D eigenvalue weighted by Crippen LogP contribution is 2.15. The number of carbonyl (C=O) groups excluding carboxylic acids is 1. The van der Waals surface area contributed by atoms with Crippen LogP contribution in [0, 0.1) is 0 Å². The lowest BCUT2D eigenvalue weighted by molar-refractivity contribution is -0.111. The van der Waals surface area contributed by atoms with Crippen molar-refractivity contribution in [2.24, 2.45) is 0 Å². The average Bonchev–Trinajstić information content (AvgIpc) is 2.00. The molecule has 0 atom stereocenters. The van der Waals surface area contributed by atoms with E-state index in [-0.39, 0.29) is 10.1 Å². The maximum atomic E-state index is 10.7. The summed E-state index contributed by atoms with van der Waals surface area (Å²) in [6.07, 6.45) is 0. The Labute approximate surface area is 78.2 Å². The molecule has 0 aromatic heterocycles. The minimum Gasteiger partial charge on any atom is -0.287 e. The topological polar surface area (TPSA) is 17.1 Å². The molecule has 0 saturated carbocycles. The number of allylic oxidation sites excluding steroid dienone is 2. The Kier molecular flexibility index (Phi) is 5.18. The highest BCUT2D eigenvalue weighted by molar-refractivity contribution is 6.57. The molecule has 0 heterocycles. The summed E-state index contributed by atoms with van der Waals surface area (Å²) in [6, 6.07) is 0. The molecule has 0 N–H and O–H groups in total. The molecule has 0 rings (SSSR count). The molecule has 0 amide bonds. The Morgan fingerprint density at radius 3 is 1.50 bits per heavy atom. The fraction of sp³-hybridized carbons (Fsp3) is 0. The van der Waals surface area contributed by atoms with Crippen molar-refractivity contribution < 1.29 is 4.79 Å². The molecule has 0 fully saturated rings. The summed E-state index contributed by atoms with van der Waals surface area (Å²) in [7, 11) is 0. The molecular weight excluding hydrogens is 218 g/mol. The number of carbonyl (C=O) groups is 1. The van der Waals surface area contributed by atoms with Gasteiger partial charge in [0.25, 0.3) is 0 Å². The van der Waals surface area contributed by atoms with Gasteiger partial charge >= 0.3 is 0 Å². The molecule has 0 saturated heterocycles. The molecular formula is C5H2Cl4O. The monoisotopic (exact) mass is 218 g/mol. The van der Waals surface area contributed by atoms with Crippen molar-refractivity contribution in [1.82, 2.24) is 0 Å². The average molecular weight is 220 g/mol. The molecule has 0 aliphatic heterocycles. The minimum atomic E-state index is -0.590. The lowest BCUT2D eigenvalue weighted by atomic mass is 10.4. The smallest absolute Gasteiger partial charge is 0.217 e. The van der Waals surface area contributed by atoms with Crippen LogP contribution < -0.4 is 0 Å². The van der Waals surface area contributed by atoms with Crippen LogP contribution in [-0.2, 0) is 4.79 Å². The Morgan fingerprint density at radius 2 is 1.30 bits per heavy atom. The molecule has 0 aliphatic rings. The van der Waals surface area contributed by atoms with Crippen molar-refractivity contribution in [3.8, 4) is 0 Å². The van der Waals surface area contributed by atoms with Gasteiger partial charge in [-0.25, -0.2) is 0 Å². The van der Waals surface area contributed by atoms with Gasteiger partial charge in [-0.05, 0) is 0 Å². The van der Waals surface area contributed by atoms with Crippen LogP contribution in [0.2, 0.25) is 0 Å². The zero-order valence-corrected chi connectivity index (χ0v) is 7.60. The fourth-order valence-corrected chi connectivity index (χ4v) is 0.663. The van der Waals surface area contributed by atoms with Gasteiger partial charge in [-0.3, -0.25) is 4.79 Å². The van der Waals surface area contributed by atoms with Crippen LogP contribution in [0.15, 0.2) is 21.1 Å². The van der Waals surface area contributed by atoms with Crippen molar-refractivity contribution in [2.75, 3.05) is 0 Å². The zero-order chi connectivity index (χ0) is 8.15. The molecule has 0 aromatic carbocycles. The number of hydrogen-bond donors (Lipinski definition) is 0. The molecule has 0 radical (unpaired) electrons. The first kappa shape index (κ1) is 10.3. The Balaban J connectivity index is 4.39. The third-order valence-electron chi connectivity index (χ3n) is 0.625. The second kappa shape index (κ2) is 5.03. The summed E-state index contributed by atoms with van der Waals surface area (Å²) < 4.78 is 0. The van der Waals surface area contributed by atoms with Gasteiger partial charge in [0.15, 0.2) is 0 Å². The van der Waals surface area contributed by atoms with Gasteiger partial charge in [-0.2, -0.15) is 0 Å². The van der Waals surface area contributed by atoms with Crippen LogP contribution in [0.3, 0.4) is 0 Å². The molecule has 0 spiro atoms. The molecule has 0 aromatic rings. The van der Waals surface area contributed by atoms with E-state index in [0.29, 0.717) is 0 Å². The van der Waals surface area contributed by atoms with E-state index >= 15 is 0 Å². The summed E-state index contributed by atoms with van der Waals surface area (Å²) >= 11 is 20.8. The minimum absolute atomic E-state index is 0.163. The predicted molar refractivity (Wildman–Crippen MR) is 44.6 cm³/mol. The standard InChI is InChI=1S/C5H2Cl4O/c6-1-3(8)5(10)4(9)2-7/h1-2H. The van der Waals surface area contributed by atoms with E-state index in [0.717, 1.165) is 11.1 Å². The third kappa shape index (κ3) is 2.93. The zero-order valence-electron chi connectivity index (χ0n) is 4.57. The quantitative estimate of drug-likeness (QED) is 0.653.